The Kier molecular flexibility index (Phi) is 24.0. The largest absolute Gasteiger partial charge is 0.462 e. The highest BCUT2D eigenvalue weighted by molar-refractivity contribution is 7.21. The summed E-state index contributed by atoms with van der Waals surface area (Å²) in [6, 6.07) is 0. The van der Waals surface area contributed by atoms with Gasteiger partial charge in [-0.15, -0.1) is 11.3 Å². The molecular weight excluding hydrogens is 833 g/mol. The van der Waals surface area contributed by atoms with Crippen molar-refractivity contribution in [3.05, 3.63) is 43.1 Å². The molecule has 0 aliphatic heterocycles. The highest BCUT2D eigenvalue weighted by Gasteiger charge is 2.31. The molecule has 0 atom stereocenters. The molecule has 12 nitrogen and oxygen atoms in total. The van der Waals surface area contributed by atoms with Crippen LogP contribution in [0.1, 0.15) is 207 Å². The quantitative estimate of drug-likeness (QED) is 0.0283. The van der Waals surface area contributed by atoms with Crippen LogP contribution in [0.2, 0.25) is 0 Å². The summed E-state index contributed by atoms with van der Waals surface area (Å²) in [6.45, 7) is 11.6. The molecule has 0 saturated carbocycles. The lowest BCUT2D eigenvalue weighted by Gasteiger charge is -2.09. The SMILES string of the molecule is CCCCCCCCCCc1c(/C=N/c2sc(N)c(C(=O)OCC)c2C(=O)OCC)sc(/C=N/c2sc(N)c(C(=O)OCC)c2C(=O)OCC)c1CCCCCCCCCC. The Labute approximate surface area is 374 Å². The third-order valence-electron chi connectivity index (χ3n) is 10.1. The van der Waals surface area contributed by atoms with E-state index in [2.05, 4.69) is 13.8 Å². The van der Waals surface area contributed by atoms with Crippen LogP contribution in [0.5, 0.6) is 0 Å². The number of nitrogens with two attached hydrogens (primary N) is 2. The topological polar surface area (TPSA) is 182 Å². The number of aliphatic imine (C=N–C) groups is 2. The number of anilines is 2. The first kappa shape index (κ1) is 51.3. The summed E-state index contributed by atoms with van der Waals surface area (Å²) in [4.78, 5) is 64.0. The van der Waals surface area contributed by atoms with Crippen LogP contribution in [0.3, 0.4) is 0 Å². The van der Waals surface area contributed by atoms with Crippen LogP contribution in [0.4, 0.5) is 20.0 Å². The zero-order valence-corrected chi connectivity index (χ0v) is 39.7. The van der Waals surface area contributed by atoms with E-state index in [-0.39, 0.29) is 68.7 Å². The van der Waals surface area contributed by atoms with Crippen molar-refractivity contribution in [1.29, 1.82) is 0 Å². The summed E-state index contributed by atoms with van der Waals surface area (Å²) in [6.07, 6.45) is 24.0. The molecule has 61 heavy (non-hydrogen) atoms. The molecule has 4 N–H and O–H groups in total. The van der Waals surface area contributed by atoms with E-state index in [1.165, 1.54) is 75.5 Å². The van der Waals surface area contributed by atoms with Gasteiger partial charge in [-0.3, -0.25) is 0 Å². The first-order valence-electron chi connectivity index (χ1n) is 22.3. The molecule has 0 unspecified atom stereocenters. The number of hydrogen-bond donors (Lipinski definition) is 2. The van der Waals surface area contributed by atoms with Crippen molar-refractivity contribution in [1.82, 2.24) is 0 Å². The first-order valence-corrected chi connectivity index (χ1v) is 24.8. The van der Waals surface area contributed by atoms with Crippen molar-refractivity contribution in [3.8, 4) is 0 Å². The molecule has 338 valence electrons. The van der Waals surface area contributed by atoms with Crippen molar-refractivity contribution in [3.63, 3.8) is 0 Å². The molecule has 0 fully saturated rings. The van der Waals surface area contributed by atoms with Gasteiger partial charge in [-0.1, -0.05) is 126 Å². The Bertz CT molecular complexity index is 1780. The Hall–Kier alpha value is -4.08. The molecule has 0 radical (unpaired) electrons. The lowest BCUT2D eigenvalue weighted by molar-refractivity contribution is 0.0481. The van der Waals surface area contributed by atoms with Gasteiger partial charge in [0, 0.05) is 22.2 Å². The second-order valence-electron chi connectivity index (χ2n) is 14.7. The maximum Gasteiger partial charge on any atom is 0.342 e. The molecule has 0 bridgehead atoms. The Morgan fingerprint density at radius 2 is 0.738 bits per heavy atom. The number of thiophene rings is 3. The van der Waals surface area contributed by atoms with Crippen LogP contribution in [0.15, 0.2) is 9.98 Å². The van der Waals surface area contributed by atoms with Gasteiger partial charge in [0.2, 0.25) is 0 Å². The molecular formula is C46H68N4O8S3. The minimum Gasteiger partial charge on any atom is -0.462 e. The number of hydrogen-bond acceptors (Lipinski definition) is 15. The monoisotopic (exact) mass is 900 g/mol. The standard InChI is InChI=1S/C46H68N4O8S3/c1-7-13-15-17-19-21-23-25-27-31-32(28-26-24-22-20-18-16-14-8-2)34(30-50-42-38(46(54)58-12-6)36(40(48)61-42)44(52)56-10-4)59-33(31)29-49-41-37(45(53)57-11-5)35(39(47)60-41)43(51)55-9-3/h29-30H,7-28,47-48H2,1-6H3/b49-29+,50-30+. The minimum absolute atomic E-state index is 0.0136. The van der Waals surface area contributed by atoms with Crippen molar-refractivity contribution in [2.24, 2.45) is 9.98 Å². The van der Waals surface area contributed by atoms with Gasteiger partial charge >= 0.3 is 23.9 Å². The van der Waals surface area contributed by atoms with Gasteiger partial charge < -0.3 is 30.4 Å². The molecule has 0 aliphatic rings. The molecule has 0 saturated heterocycles. The van der Waals surface area contributed by atoms with Crippen LogP contribution in [0, 0.1) is 0 Å². The molecule has 0 aliphatic carbocycles. The summed E-state index contributed by atoms with van der Waals surface area (Å²) < 4.78 is 21.2. The zero-order valence-electron chi connectivity index (χ0n) is 37.3. The van der Waals surface area contributed by atoms with Gasteiger partial charge in [-0.05, 0) is 64.5 Å². The number of rotatable bonds is 30. The third kappa shape index (κ3) is 15.7. The van der Waals surface area contributed by atoms with E-state index in [9.17, 15) is 19.2 Å². The normalized spacial score (nSPS) is 11.5. The van der Waals surface area contributed by atoms with Crippen LogP contribution in [0.25, 0.3) is 0 Å². The lowest BCUT2D eigenvalue weighted by Crippen LogP contribution is -2.13. The van der Waals surface area contributed by atoms with E-state index < -0.39 is 23.9 Å². The molecule has 3 rings (SSSR count). The van der Waals surface area contributed by atoms with Gasteiger partial charge in [0.05, 0.1) is 26.4 Å². The van der Waals surface area contributed by atoms with Crippen LogP contribution < -0.4 is 11.5 Å². The second kappa shape index (κ2) is 28.5. The van der Waals surface area contributed by atoms with Gasteiger partial charge in [-0.25, -0.2) is 29.2 Å². The molecule has 0 aromatic carbocycles. The van der Waals surface area contributed by atoms with Crippen molar-refractivity contribution >= 4 is 90.3 Å². The number of unbranched alkanes of at least 4 members (excludes halogenated alkanes) is 14. The van der Waals surface area contributed by atoms with Gasteiger partial charge in [0.25, 0.3) is 0 Å². The Balaban J connectivity index is 2.17. The average Bonchev–Trinajstić information content (AvgIpc) is 3.87. The van der Waals surface area contributed by atoms with Crippen molar-refractivity contribution < 1.29 is 38.1 Å². The van der Waals surface area contributed by atoms with E-state index in [4.69, 9.17) is 40.4 Å². The summed E-state index contributed by atoms with van der Waals surface area (Å²) in [7, 11) is 0. The third-order valence-corrected chi connectivity index (χ3v) is 13.1. The van der Waals surface area contributed by atoms with E-state index >= 15 is 0 Å². The number of carbonyl (C=O) groups is 4. The number of nitrogens with zero attached hydrogens (tertiary/aromatic N) is 2. The molecule has 0 spiro atoms. The van der Waals surface area contributed by atoms with Gasteiger partial charge in [0.15, 0.2) is 0 Å². The average molecular weight is 901 g/mol. The van der Waals surface area contributed by atoms with Crippen LogP contribution in [-0.2, 0) is 31.8 Å². The van der Waals surface area contributed by atoms with E-state index in [1.807, 2.05) is 0 Å². The minimum atomic E-state index is -0.707. The fraction of sp³-hybridized carbons (Fsp3) is 0.609. The summed E-state index contributed by atoms with van der Waals surface area (Å²) >= 11 is 3.58. The van der Waals surface area contributed by atoms with Gasteiger partial charge in [0.1, 0.15) is 42.3 Å². The second-order valence-corrected chi connectivity index (χ2v) is 17.8. The summed E-state index contributed by atoms with van der Waals surface area (Å²) in [5.41, 5.74) is 14.9. The van der Waals surface area contributed by atoms with E-state index in [0.29, 0.717) is 0 Å². The smallest absolute Gasteiger partial charge is 0.342 e. The van der Waals surface area contributed by atoms with Gasteiger partial charge in [-0.2, -0.15) is 0 Å². The zero-order chi connectivity index (χ0) is 44.6. The molecule has 15 heteroatoms. The number of ether oxygens (including phenoxy) is 4. The first-order chi connectivity index (χ1) is 29.6. The van der Waals surface area contributed by atoms with E-state index in [0.717, 1.165) is 94.9 Å². The summed E-state index contributed by atoms with van der Waals surface area (Å²) in [5, 5.41) is 0.754. The van der Waals surface area contributed by atoms with E-state index in [1.54, 1.807) is 40.1 Å². The maximum absolute atomic E-state index is 13.3. The molecule has 3 aromatic rings. The van der Waals surface area contributed by atoms with Crippen LogP contribution >= 0.6 is 34.0 Å². The van der Waals surface area contributed by atoms with Crippen LogP contribution in [-0.4, -0.2) is 62.7 Å². The highest BCUT2D eigenvalue weighted by Crippen LogP contribution is 2.41. The van der Waals surface area contributed by atoms with Crippen molar-refractivity contribution in [2.75, 3.05) is 37.9 Å². The number of carbonyl (C=O) groups excluding carboxylic acids is 4. The fourth-order valence-corrected chi connectivity index (χ4v) is 9.98. The molecule has 3 heterocycles. The maximum atomic E-state index is 13.3. The fourth-order valence-electron chi connectivity index (χ4n) is 7.05. The predicted octanol–water partition coefficient (Wildman–Crippen LogP) is 12.6. The lowest BCUT2D eigenvalue weighted by atomic mass is 9.96. The summed E-state index contributed by atoms with van der Waals surface area (Å²) in [5.74, 6) is -2.81. The highest BCUT2D eigenvalue weighted by atomic mass is 32.1. The Morgan fingerprint density at radius 3 is 1.05 bits per heavy atom. The predicted molar refractivity (Wildman–Crippen MR) is 253 cm³/mol. The molecule has 0 amide bonds. The number of nitrogen functional groups attached to an aromatic ring is 2. The van der Waals surface area contributed by atoms with Crippen molar-refractivity contribution in [2.45, 2.75) is 157 Å². The number of esters is 4. The molecule has 3 aromatic heterocycles. The Morgan fingerprint density at radius 1 is 0.443 bits per heavy atom.